The van der Waals surface area contributed by atoms with Crippen molar-refractivity contribution in [2.75, 3.05) is 11.4 Å². The molecule has 116 valence electrons. The summed E-state index contributed by atoms with van der Waals surface area (Å²) in [4.78, 5) is 34.3. The summed E-state index contributed by atoms with van der Waals surface area (Å²) < 4.78 is 5.70. The molecule has 1 aromatic carbocycles. The third kappa shape index (κ3) is 3.22. The highest BCUT2D eigenvalue weighted by Gasteiger charge is 2.35. The molecule has 1 aliphatic heterocycles. The van der Waals surface area contributed by atoms with E-state index in [1.54, 1.807) is 13.8 Å². The highest BCUT2D eigenvalue weighted by Crippen LogP contribution is 2.39. The number of fused-ring (bicyclic) bond motifs is 1. The minimum atomic E-state index is -1.25. The molecule has 22 heavy (non-hydrogen) atoms. The van der Waals surface area contributed by atoms with E-state index in [9.17, 15) is 19.7 Å². The van der Waals surface area contributed by atoms with E-state index in [0.29, 0.717) is 5.75 Å². The van der Waals surface area contributed by atoms with Gasteiger partial charge in [-0.2, -0.15) is 0 Å². The van der Waals surface area contributed by atoms with Crippen LogP contribution in [0.25, 0.3) is 0 Å². The van der Waals surface area contributed by atoms with E-state index in [4.69, 9.17) is 9.84 Å². The number of hydrogen-bond donors (Lipinski definition) is 1. The molecule has 1 heterocycles. The van der Waals surface area contributed by atoms with E-state index in [-0.39, 0.29) is 17.9 Å². The highest BCUT2D eigenvalue weighted by atomic mass is 16.6. The number of amides is 1. The van der Waals surface area contributed by atoms with Crippen molar-refractivity contribution >= 4 is 23.3 Å². The molecule has 1 aromatic rings. The largest absolute Gasteiger partial charge is 0.484 e. The normalized spacial score (nSPS) is 16.0. The molecule has 0 aliphatic carbocycles. The number of aliphatic carboxylic acids is 1. The molecule has 0 saturated heterocycles. The summed E-state index contributed by atoms with van der Waals surface area (Å²) >= 11 is 0. The minimum Gasteiger partial charge on any atom is -0.484 e. The van der Waals surface area contributed by atoms with E-state index < -0.39 is 22.4 Å². The molecule has 1 N–H and O–H groups in total. The fourth-order valence-corrected chi connectivity index (χ4v) is 2.14. The SMILES string of the molecule is CC1(C)CN(C(=O)/C=C/C(=O)O)c2cc([N+](=O)[O-])ccc2O1. The van der Waals surface area contributed by atoms with Crippen LogP contribution in [0, 0.1) is 10.1 Å². The number of carbonyl (C=O) groups is 2. The number of nitrogens with zero attached hydrogens (tertiary/aromatic N) is 2. The van der Waals surface area contributed by atoms with Crippen molar-refractivity contribution in [3.63, 3.8) is 0 Å². The van der Waals surface area contributed by atoms with Gasteiger partial charge in [0.15, 0.2) is 0 Å². The maximum absolute atomic E-state index is 12.2. The first kappa shape index (κ1) is 15.5. The van der Waals surface area contributed by atoms with Gasteiger partial charge in [-0.1, -0.05) is 0 Å². The number of rotatable bonds is 3. The van der Waals surface area contributed by atoms with Gasteiger partial charge in [0.25, 0.3) is 11.6 Å². The molecule has 0 radical (unpaired) electrons. The highest BCUT2D eigenvalue weighted by molar-refractivity contribution is 6.05. The topological polar surface area (TPSA) is 110 Å². The zero-order valence-electron chi connectivity index (χ0n) is 12.0. The number of carboxylic acid groups (broad SMARTS) is 1. The van der Waals surface area contributed by atoms with Gasteiger partial charge in [0.05, 0.1) is 17.2 Å². The van der Waals surface area contributed by atoms with E-state index in [1.165, 1.54) is 23.1 Å². The number of benzene rings is 1. The number of carbonyl (C=O) groups excluding carboxylic acids is 1. The number of nitro benzene ring substituents is 1. The lowest BCUT2D eigenvalue weighted by molar-refractivity contribution is -0.384. The summed E-state index contributed by atoms with van der Waals surface area (Å²) in [6.07, 6.45) is 1.63. The van der Waals surface area contributed by atoms with Crippen LogP contribution in [0.15, 0.2) is 30.4 Å². The van der Waals surface area contributed by atoms with Crippen molar-refractivity contribution < 1.29 is 24.4 Å². The molecular formula is C14H14N2O6. The Morgan fingerprint density at radius 2 is 2.09 bits per heavy atom. The Morgan fingerprint density at radius 3 is 2.68 bits per heavy atom. The molecule has 1 amide bonds. The van der Waals surface area contributed by atoms with Crippen LogP contribution in [0.3, 0.4) is 0 Å². The van der Waals surface area contributed by atoms with Crippen molar-refractivity contribution in [2.24, 2.45) is 0 Å². The van der Waals surface area contributed by atoms with Crippen LogP contribution >= 0.6 is 0 Å². The predicted octanol–water partition coefficient (Wildman–Crippen LogP) is 1.74. The summed E-state index contributed by atoms with van der Waals surface area (Å²) in [6, 6.07) is 3.95. The second-order valence-corrected chi connectivity index (χ2v) is 5.37. The molecule has 0 unspecified atom stereocenters. The van der Waals surface area contributed by atoms with Crippen LogP contribution in [-0.2, 0) is 9.59 Å². The molecule has 8 nitrogen and oxygen atoms in total. The summed E-state index contributed by atoms with van der Waals surface area (Å²) in [7, 11) is 0. The van der Waals surface area contributed by atoms with Crippen LogP contribution in [0.4, 0.5) is 11.4 Å². The van der Waals surface area contributed by atoms with Gasteiger partial charge in [-0.05, 0) is 19.9 Å². The lowest BCUT2D eigenvalue weighted by Crippen LogP contribution is -2.49. The van der Waals surface area contributed by atoms with Gasteiger partial charge in [0.2, 0.25) is 0 Å². The second-order valence-electron chi connectivity index (χ2n) is 5.37. The first-order valence-corrected chi connectivity index (χ1v) is 6.39. The predicted molar refractivity (Wildman–Crippen MR) is 76.9 cm³/mol. The monoisotopic (exact) mass is 306 g/mol. The molecule has 0 fully saturated rings. The van der Waals surface area contributed by atoms with Gasteiger partial charge in [-0.3, -0.25) is 14.9 Å². The van der Waals surface area contributed by atoms with Crippen LogP contribution in [0.5, 0.6) is 5.75 Å². The number of nitro groups is 1. The van der Waals surface area contributed by atoms with E-state index in [1.807, 2.05) is 0 Å². The van der Waals surface area contributed by atoms with Gasteiger partial charge >= 0.3 is 5.97 Å². The molecule has 0 saturated carbocycles. The van der Waals surface area contributed by atoms with Crippen molar-refractivity contribution in [1.29, 1.82) is 0 Å². The maximum Gasteiger partial charge on any atom is 0.328 e. The summed E-state index contributed by atoms with van der Waals surface area (Å²) in [6.45, 7) is 3.67. The third-order valence-electron chi connectivity index (χ3n) is 3.00. The molecule has 0 aromatic heterocycles. The first-order valence-electron chi connectivity index (χ1n) is 6.39. The van der Waals surface area contributed by atoms with Gasteiger partial charge < -0.3 is 14.7 Å². The zero-order chi connectivity index (χ0) is 16.5. The number of non-ortho nitro benzene ring substituents is 1. The van der Waals surface area contributed by atoms with Crippen molar-refractivity contribution in [2.45, 2.75) is 19.4 Å². The Kier molecular flexibility index (Phi) is 3.85. The molecule has 0 bridgehead atoms. The fraction of sp³-hybridized carbons (Fsp3) is 0.286. The summed E-state index contributed by atoms with van der Waals surface area (Å²) in [5.41, 5.74) is -0.633. The third-order valence-corrected chi connectivity index (χ3v) is 3.00. The lowest BCUT2D eigenvalue weighted by atomic mass is 10.0. The van der Waals surface area contributed by atoms with Gasteiger partial charge in [0.1, 0.15) is 11.4 Å². The van der Waals surface area contributed by atoms with E-state index in [0.717, 1.165) is 12.2 Å². The van der Waals surface area contributed by atoms with E-state index in [2.05, 4.69) is 0 Å². The van der Waals surface area contributed by atoms with Crippen LogP contribution in [0.2, 0.25) is 0 Å². The minimum absolute atomic E-state index is 0.143. The smallest absolute Gasteiger partial charge is 0.328 e. The number of anilines is 1. The van der Waals surface area contributed by atoms with Crippen LogP contribution in [-0.4, -0.2) is 34.1 Å². The molecule has 2 rings (SSSR count). The molecule has 8 heteroatoms. The molecule has 1 aliphatic rings. The standard InChI is InChI=1S/C14H14N2O6/c1-14(2)8-15(12(17)5-6-13(18)19)10-7-9(16(20)21)3-4-11(10)22-14/h3-7H,8H2,1-2H3,(H,18,19)/b6-5+. The van der Waals surface area contributed by atoms with Crippen molar-refractivity contribution in [1.82, 2.24) is 0 Å². The first-order chi connectivity index (χ1) is 10.2. The molecule has 0 spiro atoms. The van der Waals surface area contributed by atoms with E-state index >= 15 is 0 Å². The van der Waals surface area contributed by atoms with Gasteiger partial charge in [0, 0.05) is 24.3 Å². The van der Waals surface area contributed by atoms with Gasteiger partial charge in [-0.15, -0.1) is 0 Å². The lowest BCUT2D eigenvalue weighted by Gasteiger charge is -2.39. The van der Waals surface area contributed by atoms with Crippen LogP contribution < -0.4 is 9.64 Å². The van der Waals surface area contributed by atoms with Crippen molar-refractivity contribution in [3.8, 4) is 5.75 Å². The average molecular weight is 306 g/mol. The summed E-state index contributed by atoms with van der Waals surface area (Å²) in [5.74, 6) is -1.50. The Labute approximate surface area is 125 Å². The second kappa shape index (κ2) is 5.47. The fourth-order valence-electron chi connectivity index (χ4n) is 2.14. The van der Waals surface area contributed by atoms with Crippen molar-refractivity contribution in [3.05, 3.63) is 40.5 Å². The average Bonchev–Trinajstić information content (AvgIpc) is 2.42. The van der Waals surface area contributed by atoms with Gasteiger partial charge in [-0.25, -0.2) is 4.79 Å². The molecule has 0 atom stereocenters. The number of hydrogen-bond acceptors (Lipinski definition) is 5. The maximum atomic E-state index is 12.2. The number of carboxylic acids is 1. The zero-order valence-corrected chi connectivity index (χ0v) is 12.0. The Bertz CT molecular complexity index is 680. The summed E-state index contributed by atoms with van der Waals surface area (Å²) in [5, 5.41) is 19.5. The Hall–Kier alpha value is -2.90. The number of ether oxygens (including phenoxy) is 1. The molecular weight excluding hydrogens is 292 g/mol. The Balaban J connectivity index is 2.46. The van der Waals surface area contributed by atoms with Crippen LogP contribution in [0.1, 0.15) is 13.8 Å². The Morgan fingerprint density at radius 1 is 1.41 bits per heavy atom. The quantitative estimate of drug-likeness (QED) is 0.517.